The van der Waals surface area contributed by atoms with Crippen molar-refractivity contribution in [1.82, 2.24) is 29.5 Å². The fourth-order valence-electron chi connectivity index (χ4n) is 3.64. The summed E-state index contributed by atoms with van der Waals surface area (Å²) in [7, 11) is 5.29. The molecule has 0 radical (unpaired) electrons. The molecule has 0 amide bonds. The molecule has 31 heavy (non-hydrogen) atoms. The minimum absolute atomic E-state index is 0.00594. The predicted molar refractivity (Wildman–Crippen MR) is 114 cm³/mol. The van der Waals surface area contributed by atoms with Crippen LogP contribution in [0.15, 0.2) is 36.7 Å². The highest BCUT2D eigenvalue weighted by molar-refractivity contribution is 5.84. The van der Waals surface area contributed by atoms with Crippen molar-refractivity contribution in [2.24, 2.45) is 14.1 Å². The van der Waals surface area contributed by atoms with Gasteiger partial charge in [-0.2, -0.15) is 10.2 Å². The Morgan fingerprint density at radius 2 is 2.00 bits per heavy atom. The third-order valence-corrected chi connectivity index (χ3v) is 5.40. The summed E-state index contributed by atoms with van der Waals surface area (Å²) in [5.41, 5.74) is 2.05. The van der Waals surface area contributed by atoms with Gasteiger partial charge in [-0.15, -0.1) is 0 Å². The second kappa shape index (κ2) is 7.55. The second-order valence-corrected chi connectivity index (χ2v) is 7.59. The van der Waals surface area contributed by atoms with Gasteiger partial charge in [0.1, 0.15) is 40.6 Å². The Kier molecular flexibility index (Phi) is 4.70. The summed E-state index contributed by atoms with van der Waals surface area (Å²) in [5.74, 6) is 2.68. The second-order valence-electron chi connectivity index (χ2n) is 7.59. The average molecular weight is 421 g/mol. The van der Waals surface area contributed by atoms with Crippen molar-refractivity contribution in [3.63, 3.8) is 0 Å². The number of ether oxygens (including phenoxy) is 2. The molecule has 1 aliphatic rings. The molecule has 0 bridgehead atoms. The molecule has 5 rings (SSSR count). The van der Waals surface area contributed by atoms with Crippen LogP contribution in [-0.4, -0.2) is 54.0 Å². The van der Waals surface area contributed by atoms with Crippen molar-refractivity contribution in [3.8, 4) is 22.9 Å². The van der Waals surface area contributed by atoms with Crippen molar-refractivity contribution in [1.29, 1.82) is 0 Å². The van der Waals surface area contributed by atoms with Gasteiger partial charge in [0.15, 0.2) is 5.65 Å². The number of aliphatic hydroxyl groups is 1. The molecular weight excluding hydrogens is 398 g/mol. The fourth-order valence-corrected chi connectivity index (χ4v) is 3.64. The number of nitrogens with one attached hydrogen (secondary N) is 1. The number of hydrogen-bond acceptors (Lipinski definition) is 8. The number of rotatable bonds is 6. The third kappa shape index (κ3) is 3.55. The van der Waals surface area contributed by atoms with Crippen LogP contribution in [-0.2, 0) is 14.1 Å². The predicted octanol–water partition coefficient (Wildman–Crippen LogP) is 2.42. The van der Waals surface area contributed by atoms with Gasteiger partial charge < -0.3 is 19.9 Å². The average Bonchev–Trinajstić information content (AvgIpc) is 3.30. The number of hydrogen-bond donors (Lipinski definition) is 2. The van der Waals surface area contributed by atoms with Gasteiger partial charge in [0.2, 0.25) is 0 Å². The maximum atomic E-state index is 9.58. The fraction of sp³-hybridized carbons (Fsp3) is 0.333. The van der Waals surface area contributed by atoms with Crippen LogP contribution in [0.2, 0.25) is 0 Å². The van der Waals surface area contributed by atoms with E-state index in [4.69, 9.17) is 14.5 Å². The van der Waals surface area contributed by atoms with E-state index >= 15 is 0 Å². The number of nitrogens with zero attached hydrogens (tertiary/aromatic N) is 6. The lowest BCUT2D eigenvalue weighted by molar-refractivity contribution is -0.0100. The molecular formula is C21H23N7O3. The van der Waals surface area contributed by atoms with Crippen LogP contribution < -0.4 is 14.8 Å². The molecule has 0 atom stereocenters. The molecule has 0 aromatic carbocycles. The van der Waals surface area contributed by atoms with E-state index in [2.05, 4.69) is 20.5 Å². The maximum Gasteiger partial charge on any atom is 0.163 e. The molecule has 0 unspecified atom stereocenters. The van der Waals surface area contributed by atoms with E-state index in [0.717, 1.165) is 11.2 Å². The summed E-state index contributed by atoms with van der Waals surface area (Å²) >= 11 is 0. The highest BCUT2D eigenvalue weighted by atomic mass is 16.5. The van der Waals surface area contributed by atoms with Crippen molar-refractivity contribution >= 4 is 22.7 Å². The highest BCUT2D eigenvalue weighted by Gasteiger charge is 2.30. The first kappa shape index (κ1) is 19.3. The highest BCUT2D eigenvalue weighted by Crippen LogP contribution is 2.34. The van der Waals surface area contributed by atoms with Crippen LogP contribution in [0.5, 0.6) is 11.5 Å². The van der Waals surface area contributed by atoms with Gasteiger partial charge in [0.05, 0.1) is 24.8 Å². The van der Waals surface area contributed by atoms with Gasteiger partial charge in [-0.05, 0) is 12.1 Å². The van der Waals surface area contributed by atoms with E-state index < -0.39 is 0 Å². The standard InChI is InChI=1S/C21H23N7O3/c1-27-19(9-15(26-27)20-16(30-3)5-4-6-22-20)24-18-10-17(31-13-7-12(29)8-13)14-11-23-28(2)21(14)25-18/h4-6,9-13,29H,7-8H2,1-3H3,(H,24,25). The molecule has 1 saturated carbocycles. The van der Waals surface area contributed by atoms with E-state index in [1.165, 1.54) is 0 Å². The quantitative estimate of drug-likeness (QED) is 0.488. The molecule has 0 aliphatic heterocycles. The monoisotopic (exact) mass is 421 g/mol. The normalized spacial score (nSPS) is 18.1. The number of aromatic nitrogens is 6. The number of anilines is 2. The Hall–Kier alpha value is -3.66. The first-order valence-corrected chi connectivity index (χ1v) is 9.99. The lowest BCUT2D eigenvalue weighted by Crippen LogP contribution is -2.37. The largest absolute Gasteiger partial charge is 0.494 e. The molecule has 4 heterocycles. The molecule has 1 aliphatic carbocycles. The van der Waals surface area contributed by atoms with E-state index in [1.54, 1.807) is 28.9 Å². The van der Waals surface area contributed by atoms with E-state index in [-0.39, 0.29) is 12.2 Å². The van der Waals surface area contributed by atoms with Crippen molar-refractivity contribution in [3.05, 3.63) is 36.7 Å². The minimum Gasteiger partial charge on any atom is -0.494 e. The van der Waals surface area contributed by atoms with Crippen LogP contribution in [0.4, 0.5) is 11.6 Å². The van der Waals surface area contributed by atoms with Gasteiger partial charge in [0.25, 0.3) is 0 Å². The molecule has 4 aromatic rings. The number of fused-ring (bicyclic) bond motifs is 1. The van der Waals surface area contributed by atoms with Crippen LogP contribution >= 0.6 is 0 Å². The smallest absolute Gasteiger partial charge is 0.163 e. The van der Waals surface area contributed by atoms with Gasteiger partial charge in [-0.1, -0.05) is 0 Å². The first-order valence-electron chi connectivity index (χ1n) is 9.99. The molecule has 0 spiro atoms. The summed E-state index contributed by atoms with van der Waals surface area (Å²) in [5, 5.41) is 22.6. The lowest BCUT2D eigenvalue weighted by Gasteiger charge is -2.31. The van der Waals surface area contributed by atoms with Crippen molar-refractivity contribution in [2.45, 2.75) is 25.0 Å². The van der Waals surface area contributed by atoms with Crippen LogP contribution in [0.25, 0.3) is 22.4 Å². The topological polar surface area (TPSA) is 112 Å². The van der Waals surface area contributed by atoms with Crippen molar-refractivity contribution in [2.75, 3.05) is 12.4 Å². The molecule has 160 valence electrons. The van der Waals surface area contributed by atoms with Gasteiger partial charge in [-0.25, -0.2) is 4.98 Å². The van der Waals surface area contributed by atoms with Gasteiger partial charge in [-0.3, -0.25) is 14.3 Å². The Morgan fingerprint density at radius 3 is 2.77 bits per heavy atom. The van der Waals surface area contributed by atoms with E-state index in [9.17, 15) is 5.11 Å². The first-order chi connectivity index (χ1) is 15.0. The van der Waals surface area contributed by atoms with Crippen LogP contribution in [0, 0.1) is 0 Å². The molecule has 10 heteroatoms. The van der Waals surface area contributed by atoms with Crippen LogP contribution in [0.1, 0.15) is 12.8 Å². The number of aliphatic hydroxyl groups excluding tert-OH is 1. The summed E-state index contributed by atoms with van der Waals surface area (Å²) in [6.45, 7) is 0. The zero-order chi connectivity index (χ0) is 21.5. The summed E-state index contributed by atoms with van der Waals surface area (Å²) in [6, 6.07) is 7.41. The molecule has 4 aromatic heterocycles. The van der Waals surface area contributed by atoms with Gasteiger partial charge in [0, 0.05) is 45.3 Å². The number of aryl methyl sites for hydroxylation is 2. The zero-order valence-corrected chi connectivity index (χ0v) is 17.5. The third-order valence-electron chi connectivity index (χ3n) is 5.40. The van der Waals surface area contributed by atoms with Gasteiger partial charge >= 0.3 is 0 Å². The maximum absolute atomic E-state index is 9.58. The summed E-state index contributed by atoms with van der Waals surface area (Å²) in [4.78, 5) is 9.09. The summed E-state index contributed by atoms with van der Waals surface area (Å²) < 4.78 is 15.0. The SMILES string of the molecule is COc1cccnc1-c1cc(Nc2cc(OC3CC(O)C3)c3cnn(C)c3n2)n(C)n1. The Labute approximate surface area is 178 Å². The molecule has 2 N–H and O–H groups in total. The minimum atomic E-state index is -0.287. The Bertz CT molecular complexity index is 1240. The van der Waals surface area contributed by atoms with Crippen LogP contribution in [0.3, 0.4) is 0 Å². The Morgan fingerprint density at radius 1 is 1.16 bits per heavy atom. The Balaban J connectivity index is 1.48. The van der Waals surface area contributed by atoms with Crippen molar-refractivity contribution < 1.29 is 14.6 Å². The van der Waals surface area contributed by atoms with E-state index in [1.807, 2.05) is 38.4 Å². The van der Waals surface area contributed by atoms with E-state index in [0.29, 0.717) is 47.2 Å². The molecule has 10 nitrogen and oxygen atoms in total. The number of pyridine rings is 2. The molecule has 0 saturated heterocycles. The molecule has 1 fully saturated rings. The zero-order valence-electron chi connectivity index (χ0n) is 17.5. The lowest BCUT2D eigenvalue weighted by atomic mass is 9.92. The summed E-state index contributed by atoms with van der Waals surface area (Å²) in [6.07, 6.45) is 4.41. The number of methoxy groups -OCH3 is 1.